The average molecular weight is 201 g/mol. The molecule has 1 amide bonds. The number of hydrogen-bond donors (Lipinski definition) is 4. The molecule has 6 heteroatoms. The number of carboxylic acid groups (broad SMARTS) is 1. The predicted molar refractivity (Wildman–Crippen MR) is 49.6 cm³/mol. The van der Waals surface area contributed by atoms with Crippen LogP contribution in [0.3, 0.4) is 0 Å². The highest BCUT2D eigenvalue weighted by Gasteiger charge is 2.22. The Hall–Kier alpha value is -1.14. The minimum absolute atomic E-state index is 0.0215. The fourth-order valence-corrected chi connectivity index (χ4v) is 1.33. The lowest BCUT2D eigenvalue weighted by Crippen LogP contribution is -2.47. The largest absolute Gasteiger partial charge is 0.480 e. The maximum absolute atomic E-state index is 11.4. The van der Waals surface area contributed by atoms with E-state index in [4.69, 9.17) is 10.8 Å². The SMILES string of the molecule is NC(CNC(=O)[C@@H]1CCCN1)C(=O)O. The Labute approximate surface area is 81.8 Å². The molecule has 1 unspecified atom stereocenters. The summed E-state index contributed by atoms with van der Waals surface area (Å²) in [6.07, 6.45) is 1.78. The van der Waals surface area contributed by atoms with E-state index in [2.05, 4.69) is 10.6 Å². The molecule has 14 heavy (non-hydrogen) atoms. The summed E-state index contributed by atoms with van der Waals surface area (Å²) in [5, 5.41) is 14.0. The van der Waals surface area contributed by atoms with Gasteiger partial charge in [0.25, 0.3) is 0 Å². The van der Waals surface area contributed by atoms with E-state index in [1.165, 1.54) is 0 Å². The van der Waals surface area contributed by atoms with E-state index in [9.17, 15) is 9.59 Å². The Balaban J connectivity index is 2.23. The summed E-state index contributed by atoms with van der Waals surface area (Å²) in [4.78, 5) is 21.7. The molecule has 1 fully saturated rings. The molecule has 5 N–H and O–H groups in total. The van der Waals surface area contributed by atoms with Gasteiger partial charge in [-0.25, -0.2) is 0 Å². The number of hydrogen-bond acceptors (Lipinski definition) is 4. The molecule has 1 rings (SSSR count). The van der Waals surface area contributed by atoms with Crippen LogP contribution in [-0.2, 0) is 9.59 Å². The van der Waals surface area contributed by atoms with E-state index in [0.717, 1.165) is 19.4 Å². The van der Waals surface area contributed by atoms with Crippen LogP contribution in [0.15, 0.2) is 0 Å². The second-order valence-electron chi connectivity index (χ2n) is 3.34. The minimum Gasteiger partial charge on any atom is -0.480 e. The van der Waals surface area contributed by atoms with Gasteiger partial charge in [-0.05, 0) is 19.4 Å². The standard InChI is InChI=1S/C8H15N3O3/c9-5(8(13)14)4-11-7(12)6-2-1-3-10-6/h5-6,10H,1-4,9H2,(H,11,12)(H,13,14)/t5?,6-/m0/s1. The first kappa shape index (κ1) is 10.9. The second kappa shape index (κ2) is 4.92. The molecule has 0 aliphatic carbocycles. The van der Waals surface area contributed by atoms with Crippen molar-refractivity contribution in [2.45, 2.75) is 24.9 Å². The quantitative estimate of drug-likeness (QED) is 0.432. The first-order valence-corrected chi connectivity index (χ1v) is 4.60. The predicted octanol–water partition coefficient (Wildman–Crippen LogP) is -1.73. The van der Waals surface area contributed by atoms with Gasteiger partial charge in [-0.1, -0.05) is 0 Å². The second-order valence-corrected chi connectivity index (χ2v) is 3.34. The van der Waals surface area contributed by atoms with E-state index in [-0.39, 0.29) is 18.5 Å². The molecule has 0 saturated carbocycles. The number of nitrogens with two attached hydrogens (primary N) is 1. The molecule has 1 aliphatic rings. The smallest absolute Gasteiger partial charge is 0.322 e. The molecule has 0 aromatic carbocycles. The number of rotatable bonds is 4. The fraction of sp³-hybridized carbons (Fsp3) is 0.750. The van der Waals surface area contributed by atoms with Crippen molar-refractivity contribution >= 4 is 11.9 Å². The first-order valence-electron chi connectivity index (χ1n) is 4.60. The summed E-state index contributed by atoms with van der Waals surface area (Å²) in [6, 6.07) is -1.21. The summed E-state index contributed by atoms with van der Waals surface area (Å²) in [5.74, 6) is -1.27. The van der Waals surface area contributed by atoms with E-state index in [1.54, 1.807) is 0 Å². The van der Waals surface area contributed by atoms with Gasteiger partial charge in [0, 0.05) is 6.54 Å². The zero-order valence-electron chi connectivity index (χ0n) is 7.82. The molecule has 0 aromatic rings. The lowest BCUT2D eigenvalue weighted by Gasteiger charge is -2.12. The monoisotopic (exact) mass is 201 g/mol. The maximum atomic E-state index is 11.4. The van der Waals surface area contributed by atoms with Crippen molar-refractivity contribution in [2.24, 2.45) is 5.73 Å². The molecule has 0 aromatic heterocycles. The Morgan fingerprint density at radius 2 is 2.36 bits per heavy atom. The molecule has 0 bridgehead atoms. The van der Waals surface area contributed by atoms with Gasteiger partial charge in [-0.3, -0.25) is 9.59 Å². The van der Waals surface area contributed by atoms with Crippen LogP contribution in [-0.4, -0.2) is 42.2 Å². The molecule has 1 heterocycles. The third-order valence-electron chi connectivity index (χ3n) is 2.19. The van der Waals surface area contributed by atoms with Crippen molar-refractivity contribution in [3.8, 4) is 0 Å². The third kappa shape index (κ3) is 2.97. The van der Waals surface area contributed by atoms with Crippen molar-refractivity contribution in [2.75, 3.05) is 13.1 Å². The van der Waals surface area contributed by atoms with Crippen LogP contribution in [0.4, 0.5) is 0 Å². The number of carbonyl (C=O) groups is 2. The molecule has 1 aliphatic heterocycles. The number of amides is 1. The lowest BCUT2D eigenvalue weighted by atomic mass is 10.2. The van der Waals surface area contributed by atoms with E-state index >= 15 is 0 Å². The lowest BCUT2D eigenvalue weighted by molar-refractivity contribution is -0.138. The highest BCUT2D eigenvalue weighted by molar-refractivity contribution is 5.83. The van der Waals surface area contributed by atoms with Crippen LogP contribution in [0.2, 0.25) is 0 Å². The summed E-state index contributed by atoms with van der Waals surface area (Å²) in [7, 11) is 0. The van der Waals surface area contributed by atoms with Gasteiger partial charge in [-0.15, -0.1) is 0 Å². The summed E-state index contributed by atoms with van der Waals surface area (Å²) in [6.45, 7) is 0.815. The number of carboxylic acids is 1. The summed E-state index contributed by atoms with van der Waals surface area (Å²) >= 11 is 0. The van der Waals surface area contributed by atoms with Crippen LogP contribution in [0.25, 0.3) is 0 Å². The molecule has 0 spiro atoms. The van der Waals surface area contributed by atoms with Crippen LogP contribution < -0.4 is 16.4 Å². The van der Waals surface area contributed by atoms with Gasteiger partial charge in [0.15, 0.2) is 0 Å². The fourth-order valence-electron chi connectivity index (χ4n) is 1.33. The Kier molecular flexibility index (Phi) is 3.84. The van der Waals surface area contributed by atoms with Gasteiger partial charge >= 0.3 is 5.97 Å². The molecule has 2 atom stereocenters. The van der Waals surface area contributed by atoms with E-state index in [1.807, 2.05) is 0 Å². The summed E-state index contributed by atoms with van der Waals surface area (Å²) < 4.78 is 0. The zero-order valence-corrected chi connectivity index (χ0v) is 7.82. The van der Waals surface area contributed by atoms with E-state index < -0.39 is 12.0 Å². The van der Waals surface area contributed by atoms with Crippen LogP contribution in [0.1, 0.15) is 12.8 Å². The summed E-state index contributed by atoms with van der Waals surface area (Å²) in [5.41, 5.74) is 5.23. The van der Waals surface area contributed by atoms with Crippen molar-refractivity contribution in [3.05, 3.63) is 0 Å². The van der Waals surface area contributed by atoms with E-state index in [0.29, 0.717) is 0 Å². The molecule has 80 valence electrons. The van der Waals surface area contributed by atoms with Crippen molar-refractivity contribution in [1.82, 2.24) is 10.6 Å². The van der Waals surface area contributed by atoms with Crippen molar-refractivity contribution in [1.29, 1.82) is 0 Å². The van der Waals surface area contributed by atoms with Crippen LogP contribution >= 0.6 is 0 Å². The van der Waals surface area contributed by atoms with Gasteiger partial charge in [0.1, 0.15) is 6.04 Å². The van der Waals surface area contributed by atoms with Gasteiger partial charge in [0.2, 0.25) is 5.91 Å². The first-order chi connectivity index (χ1) is 6.61. The zero-order chi connectivity index (χ0) is 10.6. The normalized spacial score (nSPS) is 23.1. The molecular weight excluding hydrogens is 186 g/mol. The third-order valence-corrected chi connectivity index (χ3v) is 2.19. The van der Waals surface area contributed by atoms with Crippen molar-refractivity contribution in [3.63, 3.8) is 0 Å². The van der Waals surface area contributed by atoms with Gasteiger partial charge in [0.05, 0.1) is 6.04 Å². The Morgan fingerprint density at radius 3 is 2.86 bits per heavy atom. The topological polar surface area (TPSA) is 104 Å². The number of aliphatic carboxylic acids is 1. The molecular formula is C8H15N3O3. The Bertz CT molecular complexity index is 226. The highest BCUT2D eigenvalue weighted by atomic mass is 16.4. The van der Waals surface area contributed by atoms with Crippen molar-refractivity contribution < 1.29 is 14.7 Å². The van der Waals surface area contributed by atoms with Gasteiger partial charge < -0.3 is 21.5 Å². The Morgan fingerprint density at radius 1 is 1.64 bits per heavy atom. The van der Waals surface area contributed by atoms with Gasteiger partial charge in [-0.2, -0.15) is 0 Å². The molecule has 0 radical (unpaired) electrons. The minimum atomic E-state index is -1.11. The number of nitrogens with one attached hydrogen (secondary N) is 2. The maximum Gasteiger partial charge on any atom is 0.322 e. The van der Waals surface area contributed by atoms with Crippen LogP contribution in [0.5, 0.6) is 0 Å². The van der Waals surface area contributed by atoms with Crippen LogP contribution in [0, 0.1) is 0 Å². The molecule has 1 saturated heterocycles. The highest BCUT2D eigenvalue weighted by Crippen LogP contribution is 2.04. The average Bonchev–Trinajstić information content (AvgIpc) is 2.66. The number of carbonyl (C=O) groups excluding carboxylic acids is 1. The molecule has 6 nitrogen and oxygen atoms in total.